The number of nitro groups is 1. The average Bonchev–Trinajstić information content (AvgIpc) is 2.96. The number of carbonyl (C=O) groups is 1. The van der Waals surface area contributed by atoms with E-state index in [0.29, 0.717) is 5.82 Å². The van der Waals surface area contributed by atoms with Gasteiger partial charge in [0.1, 0.15) is 19.3 Å². The summed E-state index contributed by atoms with van der Waals surface area (Å²) in [5, 5.41) is 11.0. The average molecular weight is 417 g/mol. The van der Waals surface area contributed by atoms with Gasteiger partial charge in [0.25, 0.3) is 0 Å². The van der Waals surface area contributed by atoms with Crippen molar-refractivity contribution in [2.24, 2.45) is 0 Å². The Morgan fingerprint density at radius 2 is 2.07 bits per heavy atom. The van der Waals surface area contributed by atoms with Gasteiger partial charge >= 0.3 is 11.8 Å². The maximum atomic E-state index is 12.3. The zero-order chi connectivity index (χ0) is 20.4. The van der Waals surface area contributed by atoms with E-state index < -0.39 is 20.9 Å². The topological polar surface area (TPSA) is 125 Å². The highest BCUT2D eigenvalue weighted by atomic mass is 35.5. The molecular formula is C15H17ClN4O6S. The Hall–Kier alpha value is -2.50. The first-order chi connectivity index (χ1) is 12.6. The van der Waals surface area contributed by atoms with Crippen LogP contribution in [0, 0.1) is 17.0 Å². The SMILES string of the molecule is Cc1ncc([N+](=O)[O-])n1CCOC(=O)c1cc(S(=O)(=O)N(C)C)ccc1Cl. The second kappa shape index (κ2) is 8.03. The van der Waals surface area contributed by atoms with E-state index in [9.17, 15) is 23.3 Å². The highest BCUT2D eigenvalue weighted by Gasteiger charge is 2.22. The van der Waals surface area contributed by atoms with Gasteiger partial charge in [0.05, 0.1) is 15.5 Å². The molecule has 0 saturated heterocycles. The molecule has 0 saturated carbocycles. The monoisotopic (exact) mass is 416 g/mol. The minimum atomic E-state index is -3.75. The van der Waals surface area contributed by atoms with Crippen molar-refractivity contribution in [1.82, 2.24) is 13.9 Å². The molecule has 0 radical (unpaired) electrons. The molecule has 0 amide bonds. The van der Waals surface area contributed by atoms with Crippen molar-refractivity contribution < 1.29 is 22.9 Å². The third kappa shape index (κ3) is 4.43. The second-order valence-electron chi connectivity index (χ2n) is 5.64. The zero-order valence-electron chi connectivity index (χ0n) is 14.7. The van der Waals surface area contributed by atoms with Crippen molar-refractivity contribution in [2.75, 3.05) is 20.7 Å². The Balaban J connectivity index is 2.15. The molecule has 0 atom stereocenters. The normalized spacial score (nSPS) is 11.6. The number of hydrogen-bond acceptors (Lipinski definition) is 7. The van der Waals surface area contributed by atoms with Crippen LogP contribution in [0.3, 0.4) is 0 Å². The first-order valence-electron chi connectivity index (χ1n) is 7.61. The van der Waals surface area contributed by atoms with Crippen LogP contribution < -0.4 is 0 Å². The number of ether oxygens (including phenoxy) is 1. The lowest BCUT2D eigenvalue weighted by Gasteiger charge is -2.13. The van der Waals surface area contributed by atoms with Crippen LogP contribution in [0.25, 0.3) is 0 Å². The molecule has 1 heterocycles. The molecule has 2 rings (SSSR count). The van der Waals surface area contributed by atoms with Gasteiger partial charge in [0.15, 0.2) is 5.82 Å². The van der Waals surface area contributed by atoms with Crippen LogP contribution in [0.5, 0.6) is 0 Å². The van der Waals surface area contributed by atoms with Crippen LogP contribution in [0.4, 0.5) is 5.82 Å². The van der Waals surface area contributed by atoms with E-state index in [-0.39, 0.29) is 34.5 Å². The molecule has 1 aromatic heterocycles. The van der Waals surface area contributed by atoms with Crippen LogP contribution in [0.2, 0.25) is 5.02 Å². The zero-order valence-corrected chi connectivity index (χ0v) is 16.3. The number of rotatable bonds is 7. The maximum Gasteiger partial charge on any atom is 0.342 e. The Bertz CT molecular complexity index is 986. The summed E-state index contributed by atoms with van der Waals surface area (Å²) in [6.45, 7) is 1.42. The highest BCUT2D eigenvalue weighted by molar-refractivity contribution is 7.89. The second-order valence-corrected chi connectivity index (χ2v) is 8.20. The minimum absolute atomic E-state index is 0.0151. The molecule has 0 aliphatic rings. The third-order valence-electron chi connectivity index (χ3n) is 3.71. The van der Waals surface area contributed by atoms with Crippen LogP contribution in [-0.4, -0.2) is 53.9 Å². The van der Waals surface area contributed by atoms with Crippen molar-refractivity contribution >= 4 is 33.4 Å². The van der Waals surface area contributed by atoms with Crippen LogP contribution in [0.1, 0.15) is 16.2 Å². The van der Waals surface area contributed by atoms with Crippen molar-refractivity contribution in [3.8, 4) is 0 Å². The van der Waals surface area contributed by atoms with Gasteiger partial charge in [-0.1, -0.05) is 11.6 Å². The lowest BCUT2D eigenvalue weighted by molar-refractivity contribution is -0.392. The molecule has 146 valence electrons. The fourth-order valence-electron chi connectivity index (χ4n) is 2.22. The first-order valence-corrected chi connectivity index (χ1v) is 9.43. The van der Waals surface area contributed by atoms with Gasteiger partial charge in [0, 0.05) is 21.0 Å². The largest absolute Gasteiger partial charge is 0.458 e. The Labute approximate surface area is 160 Å². The van der Waals surface area contributed by atoms with Crippen molar-refractivity contribution in [3.05, 3.63) is 50.9 Å². The predicted octanol–water partition coefficient (Wildman–Crippen LogP) is 1.86. The molecule has 27 heavy (non-hydrogen) atoms. The quantitative estimate of drug-likeness (QED) is 0.383. The smallest absolute Gasteiger partial charge is 0.342 e. The van der Waals surface area contributed by atoms with Gasteiger partial charge in [-0.25, -0.2) is 27.1 Å². The molecular weight excluding hydrogens is 400 g/mol. The summed E-state index contributed by atoms with van der Waals surface area (Å²) < 4.78 is 31.8. The number of esters is 1. The van der Waals surface area contributed by atoms with Gasteiger partial charge in [-0.15, -0.1) is 0 Å². The number of carbonyl (C=O) groups excluding carboxylic acids is 1. The summed E-state index contributed by atoms with van der Waals surface area (Å²) >= 11 is 5.98. The summed E-state index contributed by atoms with van der Waals surface area (Å²) in [6, 6.07) is 3.71. The molecule has 0 N–H and O–H groups in total. The van der Waals surface area contributed by atoms with Gasteiger partial charge in [-0.05, 0) is 23.1 Å². The molecule has 0 fully saturated rings. The Morgan fingerprint density at radius 1 is 1.41 bits per heavy atom. The molecule has 0 aliphatic carbocycles. The molecule has 1 aromatic carbocycles. The number of sulfonamides is 1. The number of nitrogens with zero attached hydrogens (tertiary/aromatic N) is 4. The molecule has 2 aromatic rings. The van der Waals surface area contributed by atoms with E-state index in [1.807, 2.05) is 0 Å². The van der Waals surface area contributed by atoms with Crippen LogP contribution in [0.15, 0.2) is 29.3 Å². The lowest BCUT2D eigenvalue weighted by atomic mass is 10.2. The van der Waals surface area contributed by atoms with Crippen LogP contribution in [-0.2, 0) is 21.3 Å². The number of aryl methyl sites for hydroxylation is 1. The maximum absolute atomic E-state index is 12.3. The number of halogens is 1. The number of imidazole rings is 1. The highest BCUT2D eigenvalue weighted by Crippen LogP contribution is 2.23. The van der Waals surface area contributed by atoms with Gasteiger partial charge in [-0.3, -0.25) is 0 Å². The standard InChI is InChI=1S/C15H17ClN4O6S/c1-10-17-9-14(20(22)23)19(10)6-7-26-15(21)12-8-11(4-5-13(12)16)27(24,25)18(2)3/h4-5,8-9H,6-7H2,1-3H3. The molecule has 0 spiro atoms. The number of hydrogen-bond donors (Lipinski definition) is 0. The minimum Gasteiger partial charge on any atom is -0.458 e. The third-order valence-corrected chi connectivity index (χ3v) is 5.85. The van der Waals surface area contributed by atoms with E-state index >= 15 is 0 Å². The summed E-state index contributed by atoms with van der Waals surface area (Å²) in [6.07, 6.45) is 1.11. The predicted molar refractivity (Wildman–Crippen MR) is 96.2 cm³/mol. The summed E-state index contributed by atoms with van der Waals surface area (Å²) in [4.78, 5) is 26.4. The Morgan fingerprint density at radius 3 is 2.67 bits per heavy atom. The van der Waals surface area contributed by atoms with E-state index in [2.05, 4.69) is 4.98 Å². The number of benzene rings is 1. The molecule has 12 heteroatoms. The van der Waals surface area contributed by atoms with E-state index in [1.54, 1.807) is 6.92 Å². The van der Waals surface area contributed by atoms with E-state index in [1.165, 1.54) is 30.8 Å². The van der Waals surface area contributed by atoms with Crippen LogP contribution >= 0.6 is 11.6 Å². The summed E-state index contributed by atoms with van der Waals surface area (Å²) in [5.74, 6) is -0.660. The summed E-state index contributed by atoms with van der Waals surface area (Å²) in [5.41, 5.74) is -0.114. The molecule has 0 unspecified atom stereocenters. The van der Waals surface area contributed by atoms with E-state index in [4.69, 9.17) is 16.3 Å². The van der Waals surface area contributed by atoms with E-state index in [0.717, 1.165) is 16.6 Å². The van der Waals surface area contributed by atoms with Gasteiger partial charge in [0.2, 0.25) is 10.0 Å². The van der Waals surface area contributed by atoms with Crippen molar-refractivity contribution in [2.45, 2.75) is 18.4 Å². The fourth-order valence-corrected chi connectivity index (χ4v) is 3.34. The number of aromatic nitrogens is 2. The van der Waals surface area contributed by atoms with Gasteiger partial charge < -0.3 is 14.9 Å². The lowest BCUT2D eigenvalue weighted by Crippen LogP contribution is -2.22. The molecule has 10 nitrogen and oxygen atoms in total. The van der Waals surface area contributed by atoms with Crippen molar-refractivity contribution in [3.63, 3.8) is 0 Å². The van der Waals surface area contributed by atoms with Gasteiger partial charge in [-0.2, -0.15) is 0 Å². The van der Waals surface area contributed by atoms with Crippen molar-refractivity contribution in [1.29, 1.82) is 0 Å². The summed E-state index contributed by atoms with van der Waals surface area (Å²) in [7, 11) is -1.02. The Kier molecular flexibility index (Phi) is 6.19. The molecule has 0 bridgehead atoms. The molecule has 0 aliphatic heterocycles. The first kappa shape index (κ1) is 20.8. The fraction of sp³-hybridized carbons (Fsp3) is 0.333.